The van der Waals surface area contributed by atoms with Gasteiger partial charge >= 0.3 is 0 Å². The molecule has 0 unspecified atom stereocenters. The van der Waals surface area contributed by atoms with Crippen LogP contribution in [-0.4, -0.2) is 17.0 Å². The van der Waals surface area contributed by atoms with E-state index in [0.29, 0.717) is 17.8 Å². The van der Waals surface area contributed by atoms with Crippen LogP contribution in [0.4, 0.5) is 0 Å². The Balaban J connectivity index is 1.56. The molecule has 0 aromatic heterocycles. The van der Waals surface area contributed by atoms with Gasteiger partial charge in [-0.2, -0.15) is 0 Å². The molecule has 0 spiro atoms. The van der Waals surface area contributed by atoms with Crippen molar-refractivity contribution in [2.24, 2.45) is 51.8 Å². The molecule has 176 valence electrons. The number of fused-ring (bicyclic) bond motifs is 5. The summed E-state index contributed by atoms with van der Waals surface area (Å²) in [6.45, 7) is 16.4. The summed E-state index contributed by atoms with van der Waals surface area (Å²) < 4.78 is 0. The molecule has 8 atom stereocenters. The number of ketones is 1. The van der Waals surface area contributed by atoms with Crippen LogP contribution in [0.1, 0.15) is 106 Å². The number of hydrogen-bond acceptors (Lipinski definition) is 2. The third kappa shape index (κ3) is 3.58. The molecule has 2 heteroatoms. The molecule has 0 aromatic rings. The fourth-order valence-electron chi connectivity index (χ4n) is 9.35. The SMILES string of the molecule is CC(C)CCC[C@@H](C)[C@H]1CC[C@H]2[C@@H]3CC=C4C(C)(C)[C@H](O)C(=O)C[C@]4(C)[C@H]3CC[C@]12C. The molecule has 0 aliphatic heterocycles. The molecule has 0 amide bonds. The first-order valence-corrected chi connectivity index (χ1v) is 13.3. The third-order valence-corrected chi connectivity index (χ3v) is 10.9. The van der Waals surface area contributed by atoms with Crippen LogP contribution in [-0.2, 0) is 4.79 Å². The van der Waals surface area contributed by atoms with Crippen LogP contribution in [0.15, 0.2) is 11.6 Å². The summed E-state index contributed by atoms with van der Waals surface area (Å²) in [5.41, 5.74) is 1.39. The van der Waals surface area contributed by atoms with Gasteiger partial charge in [0.25, 0.3) is 0 Å². The van der Waals surface area contributed by atoms with E-state index in [0.717, 1.165) is 36.0 Å². The van der Waals surface area contributed by atoms with Gasteiger partial charge < -0.3 is 5.11 Å². The topological polar surface area (TPSA) is 37.3 Å². The van der Waals surface area contributed by atoms with Crippen molar-refractivity contribution in [3.05, 3.63) is 11.6 Å². The van der Waals surface area contributed by atoms with E-state index in [1.54, 1.807) is 0 Å². The molecule has 0 saturated heterocycles. The Morgan fingerprint density at radius 2 is 1.74 bits per heavy atom. The fourth-order valence-corrected chi connectivity index (χ4v) is 9.35. The van der Waals surface area contributed by atoms with E-state index in [9.17, 15) is 9.90 Å². The number of carbonyl (C=O) groups is 1. The van der Waals surface area contributed by atoms with Crippen LogP contribution < -0.4 is 0 Å². The van der Waals surface area contributed by atoms with Crippen molar-refractivity contribution >= 4 is 5.78 Å². The van der Waals surface area contributed by atoms with Crippen molar-refractivity contribution in [2.45, 2.75) is 112 Å². The highest BCUT2D eigenvalue weighted by Gasteiger charge is 2.62. The Kier molecular flexibility index (Phi) is 6.07. The van der Waals surface area contributed by atoms with Crippen molar-refractivity contribution in [1.29, 1.82) is 0 Å². The second-order valence-electron chi connectivity index (χ2n) is 13.4. The Bertz CT molecular complexity index is 733. The smallest absolute Gasteiger partial charge is 0.163 e. The maximum absolute atomic E-state index is 12.8. The fraction of sp³-hybridized carbons (Fsp3) is 0.897. The first-order valence-electron chi connectivity index (χ1n) is 13.3. The lowest BCUT2D eigenvalue weighted by atomic mass is 9.44. The summed E-state index contributed by atoms with van der Waals surface area (Å²) in [6.07, 6.45) is 12.9. The Hall–Kier alpha value is -0.630. The molecular weight excluding hydrogens is 380 g/mol. The molecule has 0 aromatic carbocycles. The van der Waals surface area contributed by atoms with Gasteiger partial charge in [0.05, 0.1) is 0 Å². The molecule has 3 saturated carbocycles. The molecule has 4 aliphatic rings. The van der Waals surface area contributed by atoms with Gasteiger partial charge in [-0.25, -0.2) is 0 Å². The maximum atomic E-state index is 12.8. The number of Topliss-reactive ketones (excluding diaryl/α,β-unsaturated/α-hetero) is 1. The zero-order valence-electron chi connectivity index (χ0n) is 21.3. The van der Waals surface area contributed by atoms with Crippen LogP contribution >= 0.6 is 0 Å². The summed E-state index contributed by atoms with van der Waals surface area (Å²) in [6, 6.07) is 0. The van der Waals surface area contributed by atoms with Gasteiger partial charge in [-0.05, 0) is 78.4 Å². The van der Waals surface area contributed by atoms with Gasteiger partial charge in [0, 0.05) is 11.8 Å². The average Bonchev–Trinajstić information content (AvgIpc) is 3.03. The maximum Gasteiger partial charge on any atom is 0.163 e. The van der Waals surface area contributed by atoms with Gasteiger partial charge in [0.1, 0.15) is 6.10 Å². The minimum Gasteiger partial charge on any atom is -0.384 e. The summed E-state index contributed by atoms with van der Waals surface area (Å²) in [7, 11) is 0. The third-order valence-electron chi connectivity index (χ3n) is 10.9. The number of hydrogen-bond donors (Lipinski definition) is 1. The standard InChI is InChI=1S/C29H48O2/c1-18(2)9-8-10-19(3)21-12-13-22-20-11-14-25-27(4,5)26(31)24(30)17-29(25,7)23(20)15-16-28(21,22)6/h14,18-23,26,31H,8-13,15-17H2,1-7H3/t19-,20+,21-,22+,23+,26-,28-,29-/m1/s1. The van der Waals surface area contributed by atoms with Crippen LogP contribution in [0.5, 0.6) is 0 Å². The lowest BCUT2D eigenvalue weighted by Gasteiger charge is -2.60. The molecule has 0 bridgehead atoms. The highest BCUT2D eigenvalue weighted by molar-refractivity contribution is 5.87. The Morgan fingerprint density at radius 1 is 1.03 bits per heavy atom. The summed E-state index contributed by atoms with van der Waals surface area (Å²) in [4.78, 5) is 12.8. The molecule has 3 fully saturated rings. The summed E-state index contributed by atoms with van der Waals surface area (Å²) >= 11 is 0. The monoisotopic (exact) mass is 428 g/mol. The predicted molar refractivity (Wildman–Crippen MR) is 129 cm³/mol. The Morgan fingerprint density at radius 3 is 2.42 bits per heavy atom. The van der Waals surface area contributed by atoms with E-state index in [1.165, 1.54) is 50.5 Å². The van der Waals surface area contributed by atoms with Crippen LogP contribution in [0, 0.1) is 51.8 Å². The number of aliphatic hydroxyl groups excluding tert-OH is 1. The molecule has 4 aliphatic carbocycles. The van der Waals surface area contributed by atoms with Crippen molar-refractivity contribution in [2.75, 3.05) is 0 Å². The largest absolute Gasteiger partial charge is 0.384 e. The lowest BCUT2D eigenvalue weighted by Crippen LogP contribution is -2.57. The zero-order chi connectivity index (χ0) is 22.8. The van der Waals surface area contributed by atoms with Crippen LogP contribution in [0.2, 0.25) is 0 Å². The minimum atomic E-state index is -0.834. The van der Waals surface area contributed by atoms with Crippen LogP contribution in [0.3, 0.4) is 0 Å². The summed E-state index contributed by atoms with van der Waals surface area (Å²) in [5, 5.41) is 10.7. The second kappa shape index (κ2) is 8.00. The van der Waals surface area contributed by atoms with E-state index < -0.39 is 11.5 Å². The normalized spacial score (nSPS) is 45.0. The number of aliphatic hydroxyl groups is 1. The van der Waals surface area contributed by atoms with Crippen molar-refractivity contribution < 1.29 is 9.90 Å². The summed E-state index contributed by atoms with van der Waals surface area (Å²) in [5.74, 6) is 4.73. The average molecular weight is 429 g/mol. The van der Waals surface area contributed by atoms with Gasteiger partial charge in [-0.1, -0.05) is 79.4 Å². The van der Waals surface area contributed by atoms with E-state index in [1.807, 2.05) is 0 Å². The number of allylic oxidation sites excluding steroid dienone is 1. The molecule has 4 rings (SSSR count). The number of rotatable bonds is 5. The predicted octanol–water partition coefficient (Wildman–Crippen LogP) is 7.20. The van der Waals surface area contributed by atoms with E-state index >= 15 is 0 Å². The minimum absolute atomic E-state index is 0.0506. The first kappa shape index (κ1) is 23.5. The van der Waals surface area contributed by atoms with Crippen molar-refractivity contribution in [3.8, 4) is 0 Å². The van der Waals surface area contributed by atoms with Gasteiger partial charge in [-0.15, -0.1) is 0 Å². The highest BCUT2D eigenvalue weighted by atomic mass is 16.3. The zero-order valence-corrected chi connectivity index (χ0v) is 21.3. The quantitative estimate of drug-likeness (QED) is 0.470. The Labute approximate surface area is 191 Å². The highest BCUT2D eigenvalue weighted by Crippen LogP contribution is 2.68. The first-order chi connectivity index (χ1) is 14.4. The number of carbonyl (C=O) groups excluding carboxylic acids is 1. The second-order valence-corrected chi connectivity index (χ2v) is 13.4. The van der Waals surface area contributed by atoms with Gasteiger partial charge in [0.2, 0.25) is 0 Å². The van der Waals surface area contributed by atoms with Gasteiger partial charge in [0.15, 0.2) is 5.78 Å². The molecular formula is C29H48O2. The van der Waals surface area contributed by atoms with Crippen molar-refractivity contribution in [3.63, 3.8) is 0 Å². The molecule has 0 heterocycles. The van der Waals surface area contributed by atoms with E-state index in [-0.39, 0.29) is 11.2 Å². The van der Waals surface area contributed by atoms with Gasteiger partial charge in [-0.3, -0.25) is 4.79 Å². The van der Waals surface area contributed by atoms with E-state index in [4.69, 9.17) is 0 Å². The molecule has 2 nitrogen and oxygen atoms in total. The molecule has 1 N–H and O–H groups in total. The van der Waals surface area contributed by atoms with E-state index in [2.05, 4.69) is 54.5 Å². The molecule has 0 radical (unpaired) electrons. The van der Waals surface area contributed by atoms with Crippen molar-refractivity contribution in [1.82, 2.24) is 0 Å². The lowest BCUT2D eigenvalue weighted by molar-refractivity contribution is -0.144. The molecule has 31 heavy (non-hydrogen) atoms. The van der Waals surface area contributed by atoms with Crippen LogP contribution in [0.25, 0.3) is 0 Å².